The number of benzene rings is 2. The van der Waals surface area contributed by atoms with Crippen molar-refractivity contribution >= 4 is 47.6 Å². The Morgan fingerprint density at radius 3 is 1.70 bits per heavy atom. The molecule has 0 aliphatic carbocycles. The highest BCUT2D eigenvalue weighted by Gasteiger charge is 2.27. The third kappa shape index (κ3) is 25.6. The van der Waals surface area contributed by atoms with E-state index in [1.807, 2.05) is 67.6 Å². The van der Waals surface area contributed by atoms with Gasteiger partial charge in [-0.05, 0) is 67.4 Å². The molecule has 2 rings (SSSR count). The SMILES string of the molecule is CCC(CCC(=O)O)CCC(=O)CCC(CCC(=O)NCCCCCCCC(=O)NC(Cc1ccccc1)C(=O)NC(Cc1ccccc1)C(=O)NCCNC(=O)CCC=O)C(C)C. The molecule has 2 aromatic carbocycles. The summed E-state index contributed by atoms with van der Waals surface area (Å²) in [6.07, 6.45) is 10.7. The number of hydrogen-bond acceptors (Lipinski definition) is 8. The molecule has 64 heavy (non-hydrogen) atoms. The van der Waals surface area contributed by atoms with Crippen LogP contribution in [0.5, 0.6) is 0 Å². The second kappa shape index (κ2) is 33.2. The Morgan fingerprint density at radius 1 is 0.562 bits per heavy atom. The molecule has 0 heterocycles. The number of ketones is 1. The molecule has 0 bridgehead atoms. The van der Waals surface area contributed by atoms with Crippen molar-refractivity contribution in [3.8, 4) is 0 Å². The predicted molar refractivity (Wildman–Crippen MR) is 248 cm³/mol. The van der Waals surface area contributed by atoms with Crippen LogP contribution in [-0.2, 0) is 51.2 Å². The van der Waals surface area contributed by atoms with E-state index in [1.54, 1.807) is 0 Å². The topological polar surface area (TPSA) is 217 Å². The van der Waals surface area contributed by atoms with Crippen molar-refractivity contribution in [3.05, 3.63) is 71.8 Å². The first kappa shape index (κ1) is 54.7. The van der Waals surface area contributed by atoms with Crippen LogP contribution in [-0.4, -0.2) is 84.4 Å². The van der Waals surface area contributed by atoms with Crippen molar-refractivity contribution < 1.29 is 43.5 Å². The molecule has 4 atom stereocenters. The average molecular weight is 890 g/mol. The van der Waals surface area contributed by atoms with Gasteiger partial charge in [-0.25, -0.2) is 0 Å². The molecule has 4 unspecified atom stereocenters. The van der Waals surface area contributed by atoms with Gasteiger partial charge in [0.25, 0.3) is 0 Å². The minimum Gasteiger partial charge on any atom is -0.481 e. The molecule has 6 N–H and O–H groups in total. The third-order valence-corrected chi connectivity index (χ3v) is 11.6. The Kier molecular flexibility index (Phi) is 28.4. The van der Waals surface area contributed by atoms with Crippen LogP contribution in [0.3, 0.4) is 0 Å². The number of carbonyl (C=O) groups is 8. The quantitative estimate of drug-likeness (QED) is 0.0340. The van der Waals surface area contributed by atoms with E-state index in [2.05, 4.69) is 40.4 Å². The molecule has 14 heteroatoms. The molecule has 0 aliphatic heterocycles. The first-order chi connectivity index (χ1) is 30.8. The van der Waals surface area contributed by atoms with Crippen LogP contribution < -0.4 is 26.6 Å². The first-order valence-electron chi connectivity index (χ1n) is 23.5. The van der Waals surface area contributed by atoms with Crippen LogP contribution in [0.15, 0.2) is 60.7 Å². The summed E-state index contributed by atoms with van der Waals surface area (Å²) in [7, 11) is 0. The van der Waals surface area contributed by atoms with Gasteiger partial charge in [-0.2, -0.15) is 0 Å². The van der Waals surface area contributed by atoms with Crippen LogP contribution in [0, 0.1) is 17.8 Å². The highest BCUT2D eigenvalue weighted by molar-refractivity contribution is 5.92. The van der Waals surface area contributed by atoms with Crippen molar-refractivity contribution in [3.63, 3.8) is 0 Å². The molecule has 0 saturated heterocycles. The largest absolute Gasteiger partial charge is 0.481 e. The van der Waals surface area contributed by atoms with Gasteiger partial charge in [0, 0.05) is 77.4 Å². The summed E-state index contributed by atoms with van der Waals surface area (Å²) in [5.41, 5.74) is 1.68. The second-order valence-corrected chi connectivity index (χ2v) is 17.1. The van der Waals surface area contributed by atoms with Gasteiger partial charge >= 0.3 is 5.97 Å². The van der Waals surface area contributed by atoms with Gasteiger partial charge in [0.1, 0.15) is 24.2 Å². The number of unbranched alkanes of at least 4 members (excludes halogenated alkanes) is 4. The lowest BCUT2D eigenvalue weighted by Crippen LogP contribution is -2.55. The summed E-state index contributed by atoms with van der Waals surface area (Å²) in [6, 6.07) is 16.7. The number of carbonyl (C=O) groups excluding carboxylic acids is 7. The Labute approximate surface area is 380 Å². The van der Waals surface area contributed by atoms with Gasteiger partial charge in [-0.3, -0.25) is 33.6 Å². The Balaban J connectivity index is 1.78. The number of carboxylic acids is 1. The van der Waals surface area contributed by atoms with Crippen molar-refractivity contribution in [2.24, 2.45) is 17.8 Å². The van der Waals surface area contributed by atoms with Crippen molar-refractivity contribution in [1.29, 1.82) is 0 Å². The third-order valence-electron chi connectivity index (χ3n) is 11.6. The van der Waals surface area contributed by atoms with Gasteiger partial charge in [0.05, 0.1) is 0 Å². The fourth-order valence-electron chi connectivity index (χ4n) is 7.55. The number of hydrogen-bond donors (Lipinski definition) is 6. The zero-order valence-electron chi connectivity index (χ0n) is 38.5. The van der Waals surface area contributed by atoms with E-state index >= 15 is 0 Å². The maximum absolute atomic E-state index is 13.8. The number of nitrogens with one attached hydrogen (secondary N) is 5. The fraction of sp³-hybridized carbons (Fsp3) is 0.600. The second-order valence-electron chi connectivity index (χ2n) is 17.1. The molecule has 2 aromatic rings. The highest BCUT2D eigenvalue weighted by Crippen LogP contribution is 2.24. The summed E-state index contributed by atoms with van der Waals surface area (Å²) < 4.78 is 0. The molecule has 0 aliphatic rings. The lowest BCUT2D eigenvalue weighted by molar-refractivity contribution is -0.137. The average Bonchev–Trinajstić information content (AvgIpc) is 3.27. The molecule has 5 amide bonds. The van der Waals surface area contributed by atoms with Gasteiger partial charge in [0.2, 0.25) is 29.5 Å². The molecule has 0 radical (unpaired) electrons. The minimum absolute atomic E-state index is 0.00700. The molecule has 0 saturated carbocycles. The Hall–Kier alpha value is -5.40. The zero-order valence-corrected chi connectivity index (χ0v) is 38.5. The molecular formula is C50H75N5O9. The van der Waals surface area contributed by atoms with E-state index in [1.165, 1.54) is 0 Å². The zero-order chi connectivity index (χ0) is 47.0. The number of Topliss-reactive ketones (excluding diaryl/α,β-unsaturated/α-hetero) is 1. The maximum Gasteiger partial charge on any atom is 0.303 e. The van der Waals surface area contributed by atoms with Gasteiger partial charge in [-0.15, -0.1) is 0 Å². The predicted octanol–water partition coefficient (Wildman–Crippen LogP) is 6.18. The van der Waals surface area contributed by atoms with Gasteiger partial charge in [-0.1, -0.05) is 107 Å². The number of amides is 5. The van der Waals surface area contributed by atoms with E-state index in [0.717, 1.165) is 62.5 Å². The normalized spacial score (nSPS) is 12.9. The molecule has 14 nitrogen and oxygen atoms in total. The summed E-state index contributed by atoms with van der Waals surface area (Å²) in [4.78, 5) is 98.9. The molecule has 0 spiro atoms. The molecular weight excluding hydrogens is 815 g/mol. The lowest BCUT2D eigenvalue weighted by Gasteiger charge is -2.24. The van der Waals surface area contributed by atoms with Crippen LogP contribution in [0.1, 0.15) is 141 Å². The fourth-order valence-corrected chi connectivity index (χ4v) is 7.55. The molecule has 0 fully saturated rings. The van der Waals surface area contributed by atoms with Crippen molar-refractivity contribution in [1.82, 2.24) is 26.6 Å². The maximum atomic E-state index is 13.8. The number of aliphatic carboxylic acids is 1. The standard InChI is InChI=1S/C50H75N5O9/c1-4-38(24-30-48(61)62)23-27-42(57)28-25-41(37(2)3)26-29-46(59)51-31-15-7-5-6-14-21-47(60)54-44(36-40-19-12-9-13-20-40)50(64)55-43(35-39-17-10-8-11-18-39)49(63)53-33-32-52-45(58)22-16-34-56/h8-13,17-20,34,37-38,41,43-44H,4-7,14-16,21-33,35-36H2,1-3H3,(H,51,59)(H,52,58)(H,53,63)(H,54,60)(H,55,64)(H,61,62). The van der Waals surface area contributed by atoms with Crippen LogP contribution in [0.2, 0.25) is 0 Å². The van der Waals surface area contributed by atoms with Gasteiger partial charge < -0.3 is 36.5 Å². The molecule has 0 aromatic heterocycles. The van der Waals surface area contributed by atoms with Crippen LogP contribution >= 0.6 is 0 Å². The van der Waals surface area contributed by atoms with E-state index in [9.17, 15) is 38.4 Å². The van der Waals surface area contributed by atoms with Gasteiger partial charge in [0.15, 0.2) is 0 Å². The van der Waals surface area contributed by atoms with Crippen LogP contribution in [0.4, 0.5) is 0 Å². The summed E-state index contributed by atoms with van der Waals surface area (Å²) in [5.74, 6) is -1.20. The van der Waals surface area contributed by atoms with E-state index < -0.39 is 29.9 Å². The Morgan fingerprint density at radius 2 is 1.09 bits per heavy atom. The highest BCUT2D eigenvalue weighted by atomic mass is 16.4. The summed E-state index contributed by atoms with van der Waals surface area (Å²) in [6.45, 7) is 7.13. The van der Waals surface area contributed by atoms with E-state index in [0.29, 0.717) is 50.9 Å². The lowest BCUT2D eigenvalue weighted by atomic mass is 9.85. The smallest absolute Gasteiger partial charge is 0.303 e. The number of rotatable bonds is 36. The minimum atomic E-state index is -0.950. The first-order valence-corrected chi connectivity index (χ1v) is 23.5. The summed E-state index contributed by atoms with van der Waals surface area (Å²) >= 11 is 0. The monoisotopic (exact) mass is 890 g/mol. The number of carboxylic acid groups (broad SMARTS) is 1. The summed E-state index contributed by atoms with van der Waals surface area (Å²) in [5, 5.41) is 23.2. The number of aldehydes is 1. The Bertz CT molecular complexity index is 1710. The van der Waals surface area contributed by atoms with E-state index in [4.69, 9.17) is 5.11 Å². The van der Waals surface area contributed by atoms with Crippen molar-refractivity contribution in [2.75, 3.05) is 19.6 Å². The van der Waals surface area contributed by atoms with Crippen LogP contribution in [0.25, 0.3) is 0 Å². The van der Waals surface area contributed by atoms with Crippen molar-refractivity contribution in [2.45, 2.75) is 155 Å². The molecule has 354 valence electrons. The van der Waals surface area contributed by atoms with E-state index in [-0.39, 0.29) is 87.0 Å².